The average Bonchev–Trinajstić information content (AvgIpc) is 2.85. The van der Waals surface area contributed by atoms with E-state index in [0.717, 1.165) is 37.2 Å². The highest BCUT2D eigenvalue weighted by Gasteiger charge is 2.14. The van der Waals surface area contributed by atoms with Gasteiger partial charge >= 0.3 is 0 Å². The van der Waals surface area contributed by atoms with Crippen molar-refractivity contribution in [3.05, 3.63) is 89.0 Å². The first kappa shape index (κ1) is 23.7. The molecule has 1 amide bonds. The molecule has 34 heavy (non-hydrogen) atoms. The van der Waals surface area contributed by atoms with Gasteiger partial charge in [-0.3, -0.25) is 4.79 Å². The van der Waals surface area contributed by atoms with Crippen molar-refractivity contribution >= 4 is 29.3 Å². The number of para-hydroxylation sites is 1. The van der Waals surface area contributed by atoms with Crippen LogP contribution in [0.2, 0.25) is 5.02 Å². The predicted octanol–water partition coefficient (Wildman–Crippen LogP) is 5.41. The molecule has 0 bridgehead atoms. The number of rotatable bonds is 8. The molecule has 0 radical (unpaired) electrons. The zero-order chi connectivity index (χ0) is 23.8. The molecule has 1 aliphatic rings. The number of anilines is 1. The van der Waals surface area contributed by atoms with Crippen molar-refractivity contribution in [2.24, 2.45) is 0 Å². The summed E-state index contributed by atoms with van der Waals surface area (Å²) in [5.74, 6) is 1.18. The Kier molecular flexibility index (Phi) is 8.07. The number of piperidine rings is 1. The van der Waals surface area contributed by atoms with E-state index in [4.69, 9.17) is 21.1 Å². The molecule has 0 atom stereocenters. The van der Waals surface area contributed by atoms with Gasteiger partial charge in [-0.05, 0) is 67.9 Å². The molecule has 0 spiro atoms. The van der Waals surface area contributed by atoms with Gasteiger partial charge in [0.2, 0.25) is 5.91 Å². The number of aromatic hydroxyl groups is 1. The smallest absolute Gasteiger partial charge is 0.248 e. The summed E-state index contributed by atoms with van der Waals surface area (Å²) in [5.41, 5.74) is 2.18. The third kappa shape index (κ3) is 6.76. The summed E-state index contributed by atoms with van der Waals surface area (Å²) in [6, 6.07) is 19.9. The van der Waals surface area contributed by atoms with Crippen LogP contribution in [-0.4, -0.2) is 30.2 Å². The molecule has 1 fully saturated rings. The second-order valence-corrected chi connectivity index (χ2v) is 8.43. The summed E-state index contributed by atoms with van der Waals surface area (Å²) in [4.78, 5) is 12.4. The van der Waals surface area contributed by atoms with Crippen LogP contribution in [0.3, 0.4) is 0 Å². The van der Waals surface area contributed by atoms with Crippen molar-refractivity contribution in [2.45, 2.75) is 25.6 Å². The number of hydrogen-bond donors (Lipinski definition) is 3. The monoisotopic (exact) mass is 478 g/mol. The van der Waals surface area contributed by atoms with Gasteiger partial charge in [-0.2, -0.15) is 0 Å². The molecular weight excluding hydrogens is 452 g/mol. The van der Waals surface area contributed by atoms with E-state index in [0.29, 0.717) is 23.6 Å². The lowest BCUT2D eigenvalue weighted by atomic mass is 10.1. The van der Waals surface area contributed by atoms with E-state index in [1.165, 1.54) is 12.1 Å². The van der Waals surface area contributed by atoms with Crippen LogP contribution in [0.1, 0.15) is 24.0 Å². The van der Waals surface area contributed by atoms with Crippen LogP contribution in [0.5, 0.6) is 17.2 Å². The number of nitrogens with one attached hydrogen (secondary N) is 2. The van der Waals surface area contributed by atoms with E-state index >= 15 is 0 Å². The maximum atomic E-state index is 12.4. The molecule has 6 nitrogen and oxygen atoms in total. The quantitative estimate of drug-likeness (QED) is 0.377. The fourth-order valence-electron chi connectivity index (χ4n) is 3.65. The molecular formula is C27H27ClN2O4. The molecule has 3 aromatic rings. The number of halogens is 1. The van der Waals surface area contributed by atoms with E-state index in [9.17, 15) is 9.90 Å². The van der Waals surface area contributed by atoms with E-state index in [1.54, 1.807) is 18.2 Å². The van der Waals surface area contributed by atoms with Crippen LogP contribution in [0.4, 0.5) is 5.69 Å². The second kappa shape index (κ2) is 11.6. The van der Waals surface area contributed by atoms with Crippen LogP contribution < -0.4 is 20.1 Å². The average molecular weight is 479 g/mol. The van der Waals surface area contributed by atoms with E-state index in [1.807, 2.05) is 48.5 Å². The summed E-state index contributed by atoms with van der Waals surface area (Å²) in [7, 11) is 0. The van der Waals surface area contributed by atoms with Gasteiger partial charge in [0.25, 0.3) is 0 Å². The van der Waals surface area contributed by atoms with Gasteiger partial charge in [0.1, 0.15) is 30.0 Å². The first-order valence-corrected chi connectivity index (χ1v) is 11.6. The highest BCUT2D eigenvalue weighted by Crippen LogP contribution is 2.25. The van der Waals surface area contributed by atoms with Crippen molar-refractivity contribution in [3.8, 4) is 17.2 Å². The Balaban J connectivity index is 1.36. The number of carbonyl (C=O) groups is 1. The van der Waals surface area contributed by atoms with E-state index in [2.05, 4.69) is 10.6 Å². The lowest BCUT2D eigenvalue weighted by Crippen LogP contribution is -2.34. The Bertz CT molecular complexity index is 1160. The van der Waals surface area contributed by atoms with Gasteiger partial charge in [-0.1, -0.05) is 41.9 Å². The maximum Gasteiger partial charge on any atom is 0.248 e. The number of amides is 1. The molecule has 1 aliphatic heterocycles. The molecule has 3 N–H and O–H groups in total. The van der Waals surface area contributed by atoms with Gasteiger partial charge in [0.05, 0.1) is 5.02 Å². The summed E-state index contributed by atoms with van der Waals surface area (Å²) in [6.07, 6.45) is 5.22. The lowest BCUT2D eigenvalue weighted by Gasteiger charge is -2.24. The van der Waals surface area contributed by atoms with Gasteiger partial charge in [-0.15, -0.1) is 0 Å². The van der Waals surface area contributed by atoms with Crippen molar-refractivity contribution in [3.63, 3.8) is 0 Å². The fraction of sp³-hybridized carbons (Fsp3) is 0.222. The third-order valence-electron chi connectivity index (χ3n) is 5.46. The fourth-order valence-corrected chi connectivity index (χ4v) is 3.77. The number of ether oxygens (including phenoxy) is 2. The zero-order valence-electron chi connectivity index (χ0n) is 18.7. The number of benzene rings is 3. The molecule has 3 aromatic carbocycles. The van der Waals surface area contributed by atoms with Crippen LogP contribution in [-0.2, 0) is 11.4 Å². The second-order valence-electron chi connectivity index (χ2n) is 8.02. The lowest BCUT2D eigenvalue weighted by molar-refractivity contribution is -0.111. The first-order chi connectivity index (χ1) is 16.6. The largest absolute Gasteiger partial charge is 0.506 e. The standard InChI is InChI=1S/C27H27ClN2O4/c28-24-10-8-19(16-26(24)31)9-11-27(32)30-25-7-2-1-4-20(25)18-33-22-5-3-6-23(17-22)34-21-12-14-29-15-13-21/h1-11,16-17,21,29,31H,12-15,18H2,(H,30,32). The van der Waals surface area contributed by atoms with Gasteiger partial charge < -0.3 is 25.2 Å². The SMILES string of the molecule is O=C(C=Cc1ccc(Cl)c(O)c1)Nc1ccccc1COc1cccc(OC2CCNCC2)c1. The Hall–Kier alpha value is -3.48. The minimum absolute atomic E-state index is 0.0306. The number of phenolic OH excluding ortho intramolecular Hbond substituents is 1. The number of hydrogen-bond acceptors (Lipinski definition) is 5. The third-order valence-corrected chi connectivity index (χ3v) is 5.78. The van der Waals surface area contributed by atoms with Gasteiger partial charge in [-0.25, -0.2) is 0 Å². The Labute approximate surface area is 204 Å². The first-order valence-electron chi connectivity index (χ1n) is 11.2. The van der Waals surface area contributed by atoms with Crippen LogP contribution in [0.15, 0.2) is 72.8 Å². The van der Waals surface area contributed by atoms with Gasteiger partial charge in [0, 0.05) is 23.4 Å². The van der Waals surface area contributed by atoms with Crippen molar-refractivity contribution in [1.29, 1.82) is 0 Å². The van der Waals surface area contributed by atoms with E-state index in [-0.39, 0.29) is 22.8 Å². The Morgan fingerprint density at radius 3 is 2.68 bits per heavy atom. The molecule has 0 aromatic heterocycles. The Morgan fingerprint density at radius 1 is 1.06 bits per heavy atom. The molecule has 0 unspecified atom stereocenters. The van der Waals surface area contributed by atoms with Crippen molar-refractivity contribution < 1.29 is 19.4 Å². The summed E-state index contributed by atoms with van der Waals surface area (Å²) in [6.45, 7) is 2.24. The highest BCUT2D eigenvalue weighted by atomic mass is 35.5. The minimum atomic E-state index is -0.292. The number of phenols is 1. The van der Waals surface area contributed by atoms with Crippen molar-refractivity contribution in [1.82, 2.24) is 5.32 Å². The van der Waals surface area contributed by atoms with Gasteiger partial charge in [0.15, 0.2) is 0 Å². The number of carbonyl (C=O) groups excluding carboxylic acids is 1. The summed E-state index contributed by atoms with van der Waals surface area (Å²) < 4.78 is 12.1. The Morgan fingerprint density at radius 2 is 1.85 bits per heavy atom. The summed E-state index contributed by atoms with van der Waals surface area (Å²) >= 11 is 5.82. The molecule has 1 saturated heterocycles. The van der Waals surface area contributed by atoms with Crippen LogP contribution in [0.25, 0.3) is 6.08 Å². The zero-order valence-corrected chi connectivity index (χ0v) is 19.4. The van der Waals surface area contributed by atoms with Crippen LogP contribution >= 0.6 is 11.6 Å². The summed E-state index contributed by atoms with van der Waals surface area (Å²) in [5, 5.41) is 16.2. The predicted molar refractivity (Wildman–Crippen MR) is 135 cm³/mol. The maximum absolute atomic E-state index is 12.4. The normalized spacial score (nSPS) is 14.1. The molecule has 0 saturated carbocycles. The highest BCUT2D eigenvalue weighted by molar-refractivity contribution is 6.32. The molecule has 4 rings (SSSR count). The topological polar surface area (TPSA) is 79.8 Å². The molecule has 0 aliphatic carbocycles. The van der Waals surface area contributed by atoms with Crippen LogP contribution in [0, 0.1) is 0 Å². The molecule has 176 valence electrons. The van der Waals surface area contributed by atoms with E-state index < -0.39 is 0 Å². The molecule has 7 heteroatoms. The molecule has 1 heterocycles. The minimum Gasteiger partial charge on any atom is -0.506 e. The van der Waals surface area contributed by atoms with Crippen molar-refractivity contribution in [2.75, 3.05) is 18.4 Å².